The predicted molar refractivity (Wildman–Crippen MR) is 63.5 cm³/mol. The molecule has 1 amide bonds. The van der Waals surface area contributed by atoms with Gasteiger partial charge in [-0.15, -0.1) is 23.1 Å². The lowest BCUT2D eigenvalue weighted by Gasteiger charge is -2.04. The van der Waals surface area contributed by atoms with Gasteiger partial charge in [-0.2, -0.15) is 0 Å². The van der Waals surface area contributed by atoms with Crippen LogP contribution in [-0.4, -0.2) is 25.1 Å². The zero-order valence-corrected chi connectivity index (χ0v) is 10.1. The Hall–Kier alpha value is -1.02. The van der Waals surface area contributed by atoms with Crippen LogP contribution in [0.4, 0.5) is 19.5 Å². The van der Waals surface area contributed by atoms with Crippen molar-refractivity contribution in [2.24, 2.45) is 5.73 Å². The van der Waals surface area contributed by atoms with Crippen LogP contribution in [0.1, 0.15) is 9.67 Å². The smallest absolute Gasteiger partial charge is 0.261 e. The van der Waals surface area contributed by atoms with Gasteiger partial charge in [0.05, 0.1) is 17.1 Å². The maximum Gasteiger partial charge on any atom is 0.261 e. The molecule has 1 aromatic heterocycles. The fourth-order valence-corrected chi connectivity index (χ4v) is 2.99. The van der Waals surface area contributed by atoms with Crippen molar-refractivity contribution in [3.05, 3.63) is 4.88 Å². The van der Waals surface area contributed by atoms with E-state index in [9.17, 15) is 13.6 Å². The molecule has 0 aliphatic carbocycles. The lowest BCUT2D eigenvalue weighted by atomic mass is 10.4. The average molecular weight is 267 g/mol. The summed E-state index contributed by atoms with van der Waals surface area (Å²) >= 11 is 2.28. The number of thioether (sulfide) groups is 1. The van der Waals surface area contributed by atoms with E-state index < -0.39 is 18.9 Å². The molecule has 1 rings (SSSR count). The number of nitrogens with two attached hydrogens (primary N) is 2. The average Bonchev–Trinajstić information content (AvgIpc) is 2.51. The van der Waals surface area contributed by atoms with Crippen LogP contribution in [0.2, 0.25) is 0 Å². The monoisotopic (exact) mass is 267 g/mol. The maximum atomic E-state index is 12.0. The van der Waals surface area contributed by atoms with Gasteiger partial charge in [-0.3, -0.25) is 4.79 Å². The van der Waals surface area contributed by atoms with Crippen molar-refractivity contribution >= 4 is 39.7 Å². The zero-order valence-electron chi connectivity index (χ0n) is 8.42. The van der Waals surface area contributed by atoms with E-state index in [-0.39, 0.29) is 10.6 Å². The first kappa shape index (κ1) is 13.0. The minimum Gasteiger partial charge on any atom is -0.396 e. The fourth-order valence-electron chi connectivity index (χ4n) is 1.10. The van der Waals surface area contributed by atoms with Crippen molar-refractivity contribution in [2.45, 2.75) is 11.3 Å². The van der Waals surface area contributed by atoms with E-state index in [4.69, 9.17) is 11.5 Å². The van der Waals surface area contributed by atoms with E-state index in [0.717, 1.165) is 11.3 Å². The summed E-state index contributed by atoms with van der Waals surface area (Å²) in [6.45, 7) is -0.480. The first-order valence-electron chi connectivity index (χ1n) is 4.25. The number of halogens is 2. The van der Waals surface area contributed by atoms with Gasteiger partial charge < -0.3 is 16.8 Å². The van der Waals surface area contributed by atoms with Crippen molar-refractivity contribution < 1.29 is 13.6 Å². The lowest BCUT2D eigenvalue weighted by molar-refractivity contribution is 0.100. The number of carbonyl (C=O) groups is 1. The Labute approximate surface area is 99.4 Å². The highest BCUT2D eigenvalue weighted by atomic mass is 32.2. The molecule has 90 valence electrons. The number of thiophene rings is 1. The van der Waals surface area contributed by atoms with Crippen molar-refractivity contribution in [2.75, 3.05) is 23.9 Å². The molecule has 0 bridgehead atoms. The number of anilines is 2. The second-order valence-electron chi connectivity index (χ2n) is 2.84. The van der Waals surface area contributed by atoms with Crippen LogP contribution in [0.15, 0.2) is 4.90 Å². The zero-order chi connectivity index (χ0) is 12.3. The quantitative estimate of drug-likeness (QED) is 0.711. The Morgan fingerprint density at radius 3 is 2.69 bits per heavy atom. The summed E-state index contributed by atoms with van der Waals surface area (Å²) in [5.74, 6) is -0.650. The molecule has 0 unspecified atom stereocenters. The summed E-state index contributed by atoms with van der Waals surface area (Å²) in [5.41, 5.74) is 11.0. The Kier molecular flexibility index (Phi) is 4.36. The summed E-state index contributed by atoms with van der Waals surface area (Å²) in [4.78, 5) is 11.8. The topological polar surface area (TPSA) is 81.1 Å². The molecule has 0 atom stereocenters. The second kappa shape index (κ2) is 5.35. The van der Waals surface area contributed by atoms with Gasteiger partial charge in [-0.1, -0.05) is 0 Å². The summed E-state index contributed by atoms with van der Waals surface area (Å²) < 4.78 is 24.1. The molecule has 0 aromatic carbocycles. The van der Waals surface area contributed by atoms with Gasteiger partial charge in [0.1, 0.15) is 9.88 Å². The van der Waals surface area contributed by atoms with Crippen LogP contribution in [0.5, 0.6) is 0 Å². The SMILES string of the molecule is CSc1c(NCC(F)F)sc(C(N)=O)c1N. The van der Waals surface area contributed by atoms with Gasteiger partial charge in [-0.25, -0.2) is 8.78 Å². The van der Waals surface area contributed by atoms with Crippen molar-refractivity contribution in [3.8, 4) is 0 Å². The summed E-state index contributed by atoms with van der Waals surface area (Å²) in [6, 6.07) is 0. The van der Waals surface area contributed by atoms with E-state index >= 15 is 0 Å². The molecule has 0 aliphatic rings. The summed E-state index contributed by atoms with van der Waals surface area (Å²) in [6.07, 6.45) is -0.716. The van der Waals surface area contributed by atoms with Gasteiger partial charge in [0.25, 0.3) is 12.3 Å². The molecule has 16 heavy (non-hydrogen) atoms. The van der Waals surface area contributed by atoms with Crippen LogP contribution in [0.3, 0.4) is 0 Å². The molecule has 0 spiro atoms. The van der Waals surface area contributed by atoms with Gasteiger partial charge in [0.2, 0.25) is 0 Å². The highest BCUT2D eigenvalue weighted by molar-refractivity contribution is 7.99. The maximum absolute atomic E-state index is 12.0. The number of hydrogen-bond acceptors (Lipinski definition) is 5. The van der Waals surface area contributed by atoms with Gasteiger partial charge in [0.15, 0.2) is 0 Å². The van der Waals surface area contributed by atoms with Crippen molar-refractivity contribution in [3.63, 3.8) is 0 Å². The first-order chi connectivity index (χ1) is 7.47. The third kappa shape index (κ3) is 2.76. The number of nitrogens with one attached hydrogen (secondary N) is 1. The molecular formula is C8H11F2N3OS2. The van der Waals surface area contributed by atoms with Crippen LogP contribution in [-0.2, 0) is 0 Å². The number of carbonyl (C=O) groups excluding carboxylic acids is 1. The van der Waals surface area contributed by atoms with E-state index in [2.05, 4.69) is 5.32 Å². The van der Waals surface area contributed by atoms with E-state index in [0.29, 0.717) is 9.90 Å². The highest BCUT2D eigenvalue weighted by Crippen LogP contribution is 2.41. The molecular weight excluding hydrogens is 256 g/mol. The Bertz CT molecular complexity index is 395. The molecule has 4 nitrogen and oxygen atoms in total. The van der Waals surface area contributed by atoms with Crippen molar-refractivity contribution in [1.29, 1.82) is 0 Å². The highest BCUT2D eigenvalue weighted by Gasteiger charge is 2.19. The molecule has 5 N–H and O–H groups in total. The minimum atomic E-state index is -2.46. The number of hydrogen-bond donors (Lipinski definition) is 3. The third-order valence-corrected chi connectivity index (χ3v) is 3.88. The number of nitrogen functional groups attached to an aromatic ring is 1. The number of primary amides is 1. The summed E-state index contributed by atoms with van der Waals surface area (Å²) in [7, 11) is 0. The third-order valence-electron chi connectivity index (χ3n) is 1.74. The van der Waals surface area contributed by atoms with E-state index in [1.54, 1.807) is 6.26 Å². The molecule has 0 aliphatic heterocycles. The van der Waals surface area contributed by atoms with Crippen LogP contribution >= 0.6 is 23.1 Å². The molecule has 0 saturated carbocycles. The minimum absolute atomic E-state index is 0.195. The van der Waals surface area contributed by atoms with Gasteiger partial charge >= 0.3 is 0 Å². The van der Waals surface area contributed by atoms with Crippen LogP contribution < -0.4 is 16.8 Å². The number of alkyl halides is 2. The molecule has 0 radical (unpaired) electrons. The van der Waals surface area contributed by atoms with Crippen molar-refractivity contribution in [1.82, 2.24) is 0 Å². The fraction of sp³-hybridized carbons (Fsp3) is 0.375. The molecule has 0 fully saturated rings. The molecule has 1 aromatic rings. The number of rotatable bonds is 5. The molecule has 8 heteroatoms. The van der Waals surface area contributed by atoms with E-state index in [1.165, 1.54) is 11.8 Å². The van der Waals surface area contributed by atoms with E-state index in [1.807, 2.05) is 0 Å². The van der Waals surface area contributed by atoms with Gasteiger partial charge in [-0.05, 0) is 6.26 Å². The normalized spacial score (nSPS) is 10.8. The summed E-state index contributed by atoms with van der Waals surface area (Å²) in [5, 5.41) is 3.00. The standard InChI is InChI=1S/C8H11F2N3OS2/c1-15-6-4(11)5(7(12)14)16-8(6)13-2-3(9)10/h3,13H,2,11H2,1H3,(H2,12,14). The largest absolute Gasteiger partial charge is 0.396 e. The molecule has 0 saturated heterocycles. The predicted octanol–water partition coefficient (Wildman–Crippen LogP) is 1.83. The Balaban J connectivity index is 2.99. The number of amides is 1. The Morgan fingerprint density at radius 2 is 2.25 bits per heavy atom. The first-order valence-corrected chi connectivity index (χ1v) is 6.29. The lowest BCUT2D eigenvalue weighted by Crippen LogP contribution is -2.10. The molecule has 1 heterocycles. The second-order valence-corrected chi connectivity index (χ2v) is 4.68. The van der Waals surface area contributed by atoms with Crippen LogP contribution in [0.25, 0.3) is 0 Å². The Morgan fingerprint density at radius 1 is 1.62 bits per heavy atom. The van der Waals surface area contributed by atoms with Crippen LogP contribution in [0, 0.1) is 0 Å². The van der Waals surface area contributed by atoms with Gasteiger partial charge in [0, 0.05) is 0 Å².